The van der Waals surface area contributed by atoms with Crippen molar-refractivity contribution in [2.75, 3.05) is 0 Å². The molecule has 0 aliphatic heterocycles. The normalized spacial score (nSPS) is 15.2. The van der Waals surface area contributed by atoms with Gasteiger partial charge in [-0.15, -0.1) is 0 Å². The number of aliphatic carboxylic acids is 1. The molecule has 19 heavy (non-hydrogen) atoms. The van der Waals surface area contributed by atoms with E-state index in [0.717, 1.165) is 5.56 Å². The molecule has 5 heteroatoms. The van der Waals surface area contributed by atoms with Gasteiger partial charge < -0.3 is 5.11 Å². The van der Waals surface area contributed by atoms with Crippen molar-refractivity contribution in [2.24, 2.45) is 5.92 Å². The van der Waals surface area contributed by atoms with Crippen LogP contribution in [0.1, 0.15) is 39.2 Å². The van der Waals surface area contributed by atoms with Crippen LogP contribution in [0.5, 0.6) is 0 Å². The summed E-state index contributed by atoms with van der Waals surface area (Å²) in [6.07, 6.45) is 0. The predicted molar refractivity (Wildman–Crippen MR) is 74.0 cm³/mol. The first-order valence-corrected chi connectivity index (χ1v) is 7.79. The van der Waals surface area contributed by atoms with E-state index in [-0.39, 0.29) is 4.90 Å². The molecule has 0 aromatic heterocycles. The number of carbonyl (C=O) groups is 1. The average Bonchev–Trinajstić information content (AvgIpc) is 2.36. The average molecular weight is 284 g/mol. The number of hydrogen-bond acceptors (Lipinski definition) is 3. The van der Waals surface area contributed by atoms with E-state index in [0.29, 0.717) is 5.92 Å². The Bertz CT molecular complexity index is 543. The molecule has 1 aromatic rings. The van der Waals surface area contributed by atoms with Gasteiger partial charge in [0.05, 0.1) is 16.1 Å². The van der Waals surface area contributed by atoms with Gasteiger partial charge in [0.2, 0.25) is 0 Å². The fourth-order valence-corrected chi connectivity index (χ4v) is 3.33. The summed E-state index contributed by atoms with van der Waals surface area (Å²) < 4.78 is 24.6. The molecular weight excluding hydrogens is 264 g/mol. The van der Waals surface area contributed by atoms with Gasteiger partial charge in [0.1, 0.15) is 0 Å². The van der Waals surface area contributed by atoms with Gasteiger partial charge in [-0.05, 0) is 30.5 Å². The van der Waals surface area contributed by atoms with Crippen LogP contribution in [0, 0.1) is 5.92 Å². The van der Waals surface area contributed by atoms with E-state index in [9.17, 15) is 13.2 Å². The minimum Gasteiger partial charge on any atom is -0.481 e. The van der Waals surface area contributed by atoms with Crippen LogP contribution in [-0.4, -0.2) is 24.7 Å². The van der Waals surface area contributed by atoms with E-state index in [1.807, 2.05) is 13.8 Å². The molecule has 0 aliphatic carbocycles. The molecule has 2 unspecified atom stereocenters. The van der Waals surface area contributed by atoms with Crippen LogP contribution in [0.4, 0.5) is 0 Å². The van der Waals surface area contributed by atoms with Gasteiger partial charge in [-0.3, -0.25) is 4.79 Å². The Kier molecular flexibility index (Phi) is 4.74. The second kappa shape index (κ2) is 5.74. The Hall–Kier alpha value is -1.36. The van der Waals surface area contributed by atoms with Gasteiger partial charge in [-0.2, -0.15) is 0 Å². The predicted octanol–water partition coefficient (Wildman–Crippen LogP) is 2.69. The zero-order chi connectivity index (χ0) is 14.8. The summed E-state index contributed by atoms with van der Waals surface area (Å²) in [5.74, 6) is -1.71. The van der Waals surface area contributed by atoms with Gasteiger partial charge in [-0.25, -0.2) is 8.42 Å². The molecule has 0 saturated carbocycles. The summed E-state index contributed by atoms with van der Waals surface area (Å²) in [7, 11) is -3.61. The van der Waals surface area contributed by atoms with E-state index in [1.165, 1.54) is 13.8 Å². The smallest absolute Gasteiger partial charge is 0.307 e. The molecule has 4 nitrogen and oxygen atoms in total. The fourth-order valence-electron chi connectivity index (χ4n) is 1.73. The number of rotatable bonds is 5. The van der Waals surface area contributed by atoms with Crippen molar-refractivity contribution in [1.29, 1.82) is 0 Å². The van der Waals surface area contributed by atoms with E-state index in [1.54, 1.807) is 24.3 Å². The van der Waals surface area contributed by atoms with Gasteiger partial charge in [0.15, 0.2) is 9.84 Å². The Morgan fingerprint density at radius 1 is 1.05 bits per heavy atom. The zero-order valence-corrected chi connectivity index (χ0v) is 12.4. The molecule has 1 N–H and O–H groups in total. The van der Waals surface area contributed by atoms with Crippen molar-refractivity contribution in [3.8, 4) is 0 Å². The third kappa shape index (κ3) is 3.35. The lowest BCUT2D eigenvalue weighted by Crippen LogP contribution is -2.30. The minimum absolute atomic E-state index is 0.178. The Labute approximate surface area is 114 Å². The number of carboxylic acids is 1. The van der Waals surface area contributed by atoms with Crippen LogP contribution < -0.4 is 0 Å². The van der Waals surface area contributed by atoms with Gasteiger partial charge in [0.25, 0.3) is 0 Å². The number of benzene rings is 1. The summed E-state index contributed by atoms with van der Waals surface area (Å²) in [4.78, 5) is 11.1. The summed E-state index contributed by atoms with van der Waals surface area (Å²) >= 11 is 0. The minimum atomic E-state index is -3.61. The van der Waals surface area contributed by atoms with E-state index >= 15 is 0 Å². The first-order valence-electron chi connectivity index (χ1n) is 6.24. The summed E-state index contributed by atoms with van der Waals surface area (Å²) in [5, 5.41) is 7.97. The molecule has 2 atom stereocenters. The molecule has 0 spiro atoms. The molecular formula is C14H20O4S. The molecule has 1 rings (SSSR count). The van der Waals surface area contributed by atoms with E-state index in [4.69, 9.17) is 5.11 Å². The van der Waals surface area contributed by atoms with Gasteiger partial charge >= 0.3 is 5.97 Å². The standard InChI is InChI=1S/C14H20O4S/c1-9(2)12-5-7-13(8-6-12)19(17,18)11(4)10(3)14(15)16/h5-11H,1-4H3,(H,15,16). The van der Waals surface area contributed by atoms with Crippen molar-refractivity contribution >= 4 is 15.8 Å². The quantitative estimate of drug-likeness (QED) is 0.902. The fraction of sp³-hybridized carbons (Fsp3) is 0.500. The monoisotopic (exact) mass is 284 g/mol. The molecule has 1 aromatic carbocycles. The van der Waals surface area contributed by atoms with E-state index < -0.39 is 27.0 Å². The van der Waals surface area contributed by atoms with E-state index in [2.05, 4.69) is 0 Å². The number of sulfone groups is 1. The molecule has 0 heterocycles. The zero-order valence-electron chi connectivity index (χ0n) is 11.6. The Balaban J connectivity index is 3.10. The molecule has 0 radical (unpaired) electrons. The summed E-state index contributed by atoms with van der Waals surface area (Å²) in [6.45, 7) is 6.90. The lowest BCUT2D eigenvalue weighted by Gasteiger charge is -2.17. The van der Waals surface area contributed by atoms with Crippen molar-refractivity contribution in [3.63, 3.8) is 0 Å². The first kappa shape index (κ1) is 15.7. The largest absolute Gasteiger partial charge is 0.481 e. The van der Waals surface area contributed by atoms with Crippen molar-refractivity contribution in [3.05, 3.63) is 29.8 Å². The van der Waals surface area contributed by atoms with Crippen LogP contribution in [0.15, 0.2) is 29.2 Å². The molecule has 0 fully saturated rings. The third-order valence-electron chi connectivity index (χ3n) is 3.46. The number of carboxylic acid groups (broad SMARTS) is 1. The van der Waals surface area contributed by atoms with Crippen molar-refractivity contribution in [1.82, 2.24) is 0 Å². The van der Waals surface area contributed by atoms with Gasteiger partial charge in [-0.1, -0.05) is 32.9 Å². The highest BCUT2D eigenvalue weighted by molar-refractivity contribution is 7.92. The lowest BCUT2D eigenvalue weighted by atomic mass is 10.0. The van der Waals surface area contributed by atoms with Crippen LogP contribution in [0.25, 0.3) is 0 Å². The lowest BCUT2D eigenvalue weighted by molar-refractivity contribution is -0.141. The highest BCUT2D eigenvalue weighted by Gasteiger charge is 2.32. The summed E-state index contributed by atoms with van der Waals surface area (Å²) in [6, 6.07) is 6.65. The van der Waals surface area contributed by atoms with Crippen molar-refractivity contribution in [2.45, 2.75) is 43.8 Å². The molecule has 0 amide bonds. The Morgan fingerprint density at radius 2 is 1.53 bits per heavy atom. The Morgan fingerprint density at radius 3 is 1.89 bits per heavy atom. The second-order valence-corrected chi connectivity index (χ2v) is 7.41. The molecule has 0 bridgehead atoms. The highest BCUT2D eigenvalue weighted by atomic mass is 32.2. The summed E-state index contributed by atoms with van der Waals surface area (Å²) in [5.41, 5.74) is 1.05. The van der Waals surface area contributed by atoms with Crippen LogP contribution in [0.2, 0.25) is 0 Å². The third-order valence-corrected chi connectivity index (χ3v) is 5.77. The SMILES string of the molecule is CC(C)c1ccc(S(=O)(=O)C(C)C(C)C(=O)O)cc1. The van der Waals surface area contributed by atoms with Crippen LogP contribution >= 0.6 is 0 Å². The maximum Gasteiger partial charge on any atom is 0.307 e. The highest BCUT2D eigenvalue weighted by Crippen LogP contribution is 2.23. The topological polar surface area (TPSA) is 71.4 Å². The van der Waals surface area contributed by atoms with Crippen molar-refractivity contribution < 1.29 is 18.3 Å². The van der Waals surface area contributed by atoms with Gasteiger partial charge in [0, 0.05) is 0 Å². The number of hydrogen-bond donors (Lipinski definition) is 1. The first-order chi connectivity index (χ1) is 8.67. The maximum absolute atomic E-state index is 12.3. The maximum atomic E-state index is 12.3. The molecule has 106 valence electrons. The van der Waals surface area contributed by atoms with Crippen LogP contribution in [-0.2, 0) is 14.6 Å². The molecule has 0 saturated heterocycles. The van der Waals surface area contributed by atoms with Crippen LogP contribution in [0.3, 0.4) is 0 Å². The molecule has 0 aliphatic rings. The second-order valence-electron chi connectivity index (χ2n) is 5.10.